The van der Waals surface area contributed by atoms with Crippen LogP contribution in [-0.4, -0.2) is 16.0 Å². The Bertz CT molecular complexity index is 1140. The minimum absolute atomic E-state index is 0.0339. The van der Waals surface area contributed by atoms with Crippen molar-refractivity contribution in [3.05, 3.63) is 77.4 Å². The molecule has 0 bridgehead atoms. The average Bonchev–Trinajstić information content (AvgIpc) is 3.06. The van der Waals surface area contributed by atoms with Crippen LogP contribution in [0.25, 0.3) is 22.6 Å². The molecule has 0 unspecified atom stereocenters. The van der Waals surface area contributed by atoms with E-state index in [1.807, 2.05) is 44.2 Å². The smallest absolute Gasteiger partial charge is 0.255 e. The van der Waals surface area contributed by atoms with E-state index in [-0.39, 0.29) is 11.7 Å². The second-order valence-corrected chi connectivity index (χ2v) is 6.54. The molecule has 3 aromatic carbocycles. The van der Waals surface area contributed by atoms with Gasteiger partial charge in [0, 0.05) is 11.3 Å². The van der Waals surface area contributed by atoms with Gasteiger partial charge >= 0.3 is 0 Å². The molecule has 0 fully saturated rings. The maximum absolute atomic E-state index is 12.4. The number of nitrogens with zero attached hydrogens (tertiary/aromatic N) is 1. The molecular weight excluding hydrogens is 340 g/mol. The Labute approximate surface area is 156 Å². The number of nitrogens with one attached hydrogen (secondary N) is 1. The van der Waals surface area contributed by atoms with Crippen LogP contribution in [0.3, 0.4) is 0 Å². The highest BCUT2D eigenvalue weighted by molar-refractivity contribution is 6.04. The molecule has 2 N–H and O–H groups in total. The number of benzene rings is 3. The molecule has 0 saturated heterocycles. The number of oxazole rings is 1. The Kier molecular flexibility index (Phi) is 4.12. The van der Waals surface area contributed by atoms with Crippen LogP contribution in [-0.2, 0) is 0 Å². The zero-order valence-corrected chi connectivity index (χ0v) is 15.0. The van der Waals surface area contributed by atoms with Crippen LogP contribution in [0.5, 0.6) is 5.75 Å². The van der Waals surface area contributed by atoms with Crippen molar-refractivity contribution < 1.29 is 14.3 Å². The lowest BCUT2D eigenvalue weighted by molar-refractivity contribution is 0.102. The third-order valence-electron chi connectivity index (χ3n) is 4.34. The first kappa shape index (κ1) is 16.8. The Morgan fingerprint density at radius 2 is 1.70 bits per heavy atom. The number of aromatic nitrogens is 1. The highest BCUT2D eigenvalue weighted by atomic mass is 16.3. The molecule has 0 aliphatic carbocycles. The molecule has 27 heavy (non-hydrogen) atoms. The predicted molar refractivity (Wildman–Crippen MR) is 105 cm³/mol. The largest absolute Gasteiger partial charge is 0.507 e. The summed E-state index contributed by atoms with van der Waals surface area (Å²) in [5, 5.41) is 13.1. The van der Waals surface area contributed by atoms with Gasteiger partial charge in [0.25, 0.3) is 5.91 Å². The van der Waals surface area contributed by atoms with Gasteiger partial charge in [-0.05, 0) is 61.9 Å². The quantitative estimate of drug-likeness (QED) is 0.501. The molecule has 4 aromatic rings. The number of carbonyl (C=O) groups excluding carboxylic acids is 1. The summed E-state index contributed by atoms with van der Waals surface area (Å²) in [5.74, 6) is 0.117. The number of amides is 1. The van der Waals surface area contributed by atoms with Gasteiger partial charge in [-0.1, -0.05) is 23.8 Å². The van der Waals surface area contributed by atoms with Gasteiger partial charge < -0.3 is 14.8 Å². The molecule has 0 atom stereocenters. The fourth-order valence-corrected chi connectivity index (χ4v) is 2.85. The van der Waals surface area contributed by atoms with Crippen LogP contribution < -0.4 is 5.32 Å². The molecule has 0 spiro atoms. The summed E-state index contributed by atoms with van der Waals surface area (Å²) in [6, 6.07) is 17.8. The van der Waals surface area contributed by atoms with Crippen LogP contribution in [0.15, 0.2) is 65.1 Å². The minimum atomic E-state index is -0.222. The molecular formula is C22H18N2O3. The molecule has 1 heterocycles. The first-order valence-electron chi connectivity index (χ1n) is 8.58. The Hall–Kier alpha value is -3.60. The van der Waals surface area contributed by atoms with Crippen LogP contribution in [0.2, 0.25) is 0 Å². The molecule has 134 valence electrons. The van der Waals surface area contributed by atoms with E-state index in [0.29, 0.717) is 28.3 Å². The van der Waals surface area contributed by atoms with Gasteiger partial charge in [-0.2, -0.15) is 0 Å². The number of aromatic hydroxyl groups is 1. The van der Waals surface area contributed by atoms with E-state index in [4.69, 9.17) is 4.42 Å². The van der Waals surface area contributed by atoms with Crippen LogP contribution in [0.1, 0.15) is 21.5 Å². The van der Waals surface area contributed by atoms with Crippen LogP contribution in [0, 0.1) is 13.8 Å². The maximum atomic E-state index is 12.4. The van der Waals surface area contributed by atoms with E-state index in [1.54, 1.807) is 24.3 Å². The van der Waals surface area contributed by atoms with E-state index < -0.39 is 0 Å². The van der Waals surface area contributed by atoms with Gasteiger partial charge in [0.15, 0.2) is 5.58 Å². The Balaban J connectivity index is 1.66. The molecule has 0 aliphatic rings. The Morgan fingerprint density at radius 1 is 0.963 bits per heavy atom. The molecule has 1 amide bonds. The second-order valence-electron chi connectivity index (χ2n) is 6.54. The normalized spacial score (nSPS) is 10.9. The lowest BCUT2D eigenvalue weighted by Gasteiger charge is -2.08. The molecule has 4 rings (SSSR count). The van der Waals surface area contributed by atoms with Crippen molar-refractivity contribution in [2.75, 3.05) is 5.32 Å². The summed E-state index contributed by atoms with van der Waals surface area (Å²) < 4.78 is 5.76. The number of rotatable bonds is 3. The number of hydrogen-bond acceptors (Lipinski definition) is 4. The van der Waals surface area contributed by atoms with E-state index >= 15 is 0 Å². The van der Waals surface area contributed by atoms with E-state index in [1.165, 1.54) is 6.07 Å². The number of carbonyl (C=O) groups is 1. The van der Waals surface area contributed by atoms with Crippen LogP contribution >= 0.6 is 0 Å². The number of aryl methyl sites for hydroxylation is 2. The standard InChI is InChI=1S/C22H18N2O3/c1-13-3-6-15(7-4-13)21(26)23-16-8-9-19(25)17(12-16)22-24-18-11-14(2)5-10-20(18)27-22/h3-12,25H,1-2H3,(H,23,26). The fraction of sp³-hybridized carbons (Fsp3) is 0.0909. The summed E-state index contributed by atoms with van der Waals surface area (Å²) in [5.41, 5.74) is 5.06. The first-order valence-corrected chi connectivity index (χ1v) is 8.58. The number of hydrogen-bond donors (Lipinski definition) is 2. The van der Waals surface area contributed by atoms with Crippen molar-refractivity contribution >= 4 is 22.7 Å². The summed E-state index contributed by atoms with van der Waals surface area (Å²) in [7, 11) is 0. The zero-order chi connectivity index (χ0) is 19.0. The van der Waals surface area contributed by atoms with Gasteiger partial charge in [0.05, 0.1) is 5.56 Å². The molecule has 0 saturated carbocycles. The fourth-order valence-electron chi connectivity index (χ4n) is 2.85. The summed E-state index contributed by atoms with van der Waals surface area (Å²) >= 11 is 0. The van der Waals surface area contributed by atoms with E-state index in [0.717, 1.165) is 16.6 Å². The van der Waals surface area contributed by atoms with Gasteiger partial charge in [-0.15, -0.1) is 0 Å². The predicted octanol–water partition coefficient (Wildman–Crippen LogP) is 5.07. The zero-order valence-electron chi connectivity index (χ0n) is 15.0. The number of phenolic OH excluding ortho intramolecular Hbond substituents is 1. The second kappa shape index (κ2) is 6.61. The minimum Gasteiger partial charge on any atom is -0.507 e. The first-order chi connectivity index (χ1) is 13.0. The monoisotopic (exact) mass is 358 g/mol. The van der Waals surface area contributed by atoms with Crippen molar-refractivity contribution in [3.8, 4) is 17.2 Å². The van der Waals surface area contributed by atoms with Gasteiger partial charge in [-0.3, -0.25) is 4.79 Å². The highest BCUT2D eigenvalue weighted by Crippen LogP contribution is 2.33. The van der Waals surface area contributed by atoms with Gasteiger partial charge in [0.1, 0.15) is 11.3 Å². The molecule has 5 nitrogen and oxygen atoms in total. The lowest BCUT2D eigenvalue weighted by atomic mass is 10.1. The van der Waals surface area contributed by atoms with Crippen molar-refractivity contribution in [3.63, 3.8) is 0 Å². The third kappa shape index (κ3) is 3.40. The third-order valence-corrected chi connectivity index (χ3v) is 4.34. The van der Waals surface area contributed by atoms with E-state index in [9.17, 15) is 9.90 Å². The molecule has 0 radical (unpaired) electrons. The topological polar surface area (TPSA) is 75.4 Å². The lowest BCUT2D eigenvalue weighted by Crippen LogP contribution is -2.11. The summed E-state index contributed by atoms with van der Waals surface area (Å²) in [4.78, 5) is 16.9. The number of phenols is 1. The van der Waals surface area contributed by atoms with Gasteiger partial charge in [0.2, 0.25) is 5.89 Å². The number of anilines is 1. The van der Waals surface area contributed by atoms with Crippen molar-refractivity contribution in [2.45, 2.75) is 13.8 Å². The van der Waals surface area contributed by atoms with Crippen molar-refractivity contribution in [1.82, 2.24) is 4.98 Å². The van der Waals surface area contributed by atoms with Crippen molar-refractivity contribution in [1.29, 1.82) is 0 Å². The highest BCUT2D eigenvalue weighted by Gasteiger charge is 2.14. The summed E-state index contributed by atoms with van der Waals surface area (Å²) in [6.45, 7) is 3.95. The molecule has 5 heteroatoms. The van der Waals surface area contributed by atoms with Crippen molar-refractivity contribution in [2.24, 2.45) is 0 Å². The van der Waals surface area contributed by atoms with E-state index in [2.05, 4.69) is 10.3 Å². The summed E-state index contributed by atoms with van der Waals surface area (Å²) in [6.07, 6.45) is 0. The molecule has 1 aromatic heterocycles. The van der Waals surface area contributed by atoms with Gasteiger partial charge in [-0.25, -0.2) is 4.98 Å². The van der Waals surface area contributed by atoms with Crippen LogP contribution in [0.4, 0.5) is 5.69 Å². The number of fused-ring (bicyclic) bond motifs is 1. The average molecular weight is 358 g/mol. The SMILES string of the molecule is Cc1ccc(C(=O)Nc2ccc(O)c(-c3nc4cc(C)ccc4o3)c2)cc1. The maximum Gasteiger partial charge on any atom is 0.255 e. The molecule has 0 aliphatic heterocycles. The Morgan fingerprint density at radius 3 is 2.48 bits per heavy atom.